The molecule has 0 aromatic heterocycles. The maximum Gasteiger partial charge on any atom is 0.00952 e. The summed E-state index contributed by atoms with van der Waals surface area (Å²) in [5.74, 6) is 0.992. The average Bonchev–Trinajstić information content (AvgIpc) is 2.61. The summed E-state index contributed by atoms with van der Waals surface area (Å²) in [6, 6.07) is 0.849. The molecular formula is C13H27N. The second-order valence-corrected chi connectivity index (χ2v) is 4.70. The molecule has 0 heterocycles. The molecule has 1 aliphatic carbocycles. The fourth-order valence-electron chi connectivity index (χ4n) is 2.75. The van der Waals surface area contributed by atoms with Gasteiger partial charge in [0.05, 0.1) is 0 Å². The molecule has 1 rings (SSSR count). The molecule has 0 radical (unpaired) electrons. The molecule has 1 N–H and O–H groups in total. The zero-order chi connectivity index (χ0) is 10.2. The molecule has 84 valence electrons. The van der Waals surface area contributed by atoms with Crippen LogP contribution in [-0.4, -0.2) is 12.6 Å². The van der Waals surface area contributed by atoms with Gasteiger partial charge in [-0.2, -0.15) is 0 Å². The Kier molecular flexibility index (Phi) is 6.25. The molecule has 0 bridgehead atoms. The molecule has 1 aliphatic rings. The molecule has 0 spiro atoms. The van der Waals surface area contributed by atoms with E-state index in [1.54, 1.807) is 0 Å². The van der Waals surface area contributed by atoms with Crippen molar-refractivity contribution in [1.82, 2.24) is 5.32 Å². The van der Waals surface area contributed by atoms with Gasteiger partial charge in [0.1, 0.15) is 0 Å². The van der Waals surface area contributed by atoms with E-state index in [2.05, 4.69) is 19.2 Å². The van der Waals surface area contributed by atoms with Gasteiger partial charge in [0.15, 0.2) is 0 Å². The summed E-state index contributed by atoms with van der Waals surface area (Å²) in [5.41, 5.74) is 0. The normalized spacial score (nSPS) is 27.0. The summed E-state index contributed by atoms with van der Waals surface area (Å²) in [6.07, 6.45) is 11.5. The van der Waals surface area contributed by atoms with Crippen molar-refractivity contribution in [2.45, 2.75) is 71.3 Å². The van der Waals surface area contributed by atoms with Gasteiger partial charge in [-0.3, -0.25) is 0 Å². The van der Waals surface area contributed by atoms with E-state index in [0.29, 0.717) is 0 Å². The standard InChI is InChI=1S/C13H27N/c1-3-5-6-7-9-12-10-8-11-13(12)14-4-2/h12-14H,3-11H2,1-2H3. The van der Waals surface area contributed by atoms with Gasteiger partial charge in [-0.15, -0.1) is 0 Å². The van der Waals surface area contributed by atoms with E-state index in [-0.39, 0.29) is 0 Å². The molecule has 1 heteroatoms. The minimum atomic E-state index is 0.849. The van der Waals surface area contributed by atoms with Crippen LogP contribution in [0, 0.1) is 5.92 Å². The molecule has 0 aromatic carbocycles. The smallest absolute Gasteiger partial charge is 0.00952 e. The molecular weight excluding hydrogens is 170 g/mol. The van der Waals surface area contributed by atoms with Crippen molar-refractivity contribution in [3.05, 3.63) is 0 Å². The maximum absolute atomic E-state index is 3.64. The maximum atomic E-state index is 3.64. The fraction of sp³-hybridized carbons (Fsp3) is 1.00. The van der Waals surface area contributed by atoms with Gasteiger partial charge >= 0.3 is 0 Å². The Morgan fingerprint density at radius 3 is 2.64 bits per heavy atom. The van der Waals surface area contributed by atoms with Gasteiger partial charge < -0.3 is 5.32 Å². The van der Waals surface area contributed by atoms with Gasteiger partial charge in [-0.25, -0.2) is 0 Å². The molecule has 0 amide bonds. The third-order valence-corrected chi connectivity index (χ3v) is 3.55. The first-order valence-electron chi connectivity index (χ1n) is 6.61. The van der Waals surface area contributed by atoms with Crippen LogP contribution in [0.15, 0.2) is 0 Å². The summed E-state index contributed by atoms with van der Waals surface area (Å²) in [6.45, 7) is 5.67. The Morgan fingerprint density at radius 1 is 1.07 bits per heavy atom. The van der Waals surface area contributed by atoms with Crippen LogP contribution in [0.25, 0.3) is 0 Å². The topological polar surface area (TPSA) is 12.0 Å². The van der Waals surface area contributed by atoms with Crippen molar-refractivity contribution in [1.29, 1.82) is 0 Å². The van der Waals surface area contributed by atoms with E-state index >= 15 is 0 Å². The highest BCUT2D eigenvalue weighted by atomic mass is 14.9. The molecule has 0 aromatic rings. The Morgan fingerprint density at radius 2 is 1.93 bits per heavy atom. The zero-order valence-corrected chi connectivity index (χ0v) is 10.0. The summed E-state index contributed by atoms with van der Waals surface area (Å²) < 4.78 is 0. The van der Waals surface area contributed by atoms with Crippen LogP contribution in [0.5, 0.6) is 0 Å². The van der Waals surface area contributed by atoms with Crippen LogP contribution in [-0.2, 0) is 0 Å². The summed E-state index contributed by atoms with van der Waals surface area (Å²) in [4.78, 5) is 0. The number of hydrogen-bond donors (Lipinski definition) is 1. The fourth-order valence-corrected chi connectivity index (χ4v) is 2.75. The Bertz CT molecular complexity index is 133. The minimum Gasteiger partial charge on any atom is -0.314 e. The van der Waals surface area contributed by atoms with Crippen LogP contribution in [0.4, 0.5) is 0 Å². The lowest BCUT2D eigenvalue weighted by molar-refractivity contribution is 0.371. The average molecular weight is 197 g/mol. The monoisotopic (exact) mass is 197 g/mol. The molecule has 2 unspecified atom stereocenters. The van der Waals surface area contributed by atoms with Gasteiger partial charge in [0.25, 0.3) is 0 Å². The molecule has 1 saturated carbocycles. The van der Waals surface area contributed by atoms with E-state index < -0.39 is 0 Å². The predicted octanol–water partition coefficient (Wildman–Crippen LogP) is 3.74. The van der Waals surface area contributed by atoms with Gasteiger partial charge in [-0.1, -0.05) is 46.0 Å². The van der Waals surface area contributed by atoms with Crippen LogP contribution < -0.4 is 5.32 Å². The van der Waals surface area contributed by atoms with Crippen molar-refractivity contribution in [2.75, 3.05) is 6.54 Å². The van der Waals surface area contributed by atoms with Crippen LogP contribution in [0.3, 0.4) is 0 Å². The summed E-state index contributed by atoms with van der Waals surface area (Å²) >= 11 is 0. The van der Waals surface area contributed by atoms with Crippen LogP contribution >= 0.6 is 0 Å². The molecule has 0 saturated heterocycles. The van der Waals surface area contributed by atoms with E-state index in [9.17, 15) is 0 Å². The molecule has 2 atom stereocenters. The zero-order valence-electron chi connectivity index (χ0n) is 10.0. The van der Waals surface area contributed by atoms with Crippen molar-refractivity contribution in [2.24, 2.45) is 5.92 Å². The van der Waals surface area contributed by atoms with Gasteiger partial charge in [-0.05, 0) is 31.7 Å². The molecule has 1 fully saturated rings. The lowest BCUT2D eigenvalue weighted by atomic mass is 9.96. The highest BCUT2D eigenvalue weighted by Crippen LogP contribution is 2.29. The summed E-state index contributed by atoms with van der Waals surface area (Å²) in [7, 11) is 0. The highest BCUT2D eigenvalue weighted by molar-refractivity contribution is 4.82. The Hall–Kier alpha value is -0.0400. The lowest BCUT2D eigenvalue weighted by Gasteiger charge is -2.20. The second kappa shape index (κ2) is 7.28. The Labute approximate surface area is 89.7 Å². The van der Waals surface area contributed by atoms with Crippen molar-refractivity contribution in [3.8, 4) is 0 Å². The van der Waals surface area contributed by atoms with E-state index in [1.165, 1.54) is 51.4 Å². The number of hydrogen-bond acceptors (Lipinski definition) is 1. The number of unbranched alkanes of at least 4 members (excludes halogenated alkanes) is 3. The second-order valence-electron chi connectivity index (χ2n) is 4.70. The van der Waals surface area contributed by atoms with Crippen molar-refractivity contribution < 1.29 is 0 Å². The van der Waals surface area contributed by atoms with E-state index in [0.717, 1.165) is 18.5 Å². The minimum absolute atomic E-state index is 0.849. The first-order valence-corrected chi connectivity index (χ1v) is 6.61. The van der Waals surface area contributed by atoms with Crippen molar-refractivity contribution >= 4 is 0 Å². The highest BCUT2D eigenvalue weighted by Gasteiger charge is 2.25. The molecule has 0 aliphatic heterocycles. The molecule has 14 heavy (non-hydrogen) atoms. The quantitative estimate of drug-likeness (QED) is 0.613. The first-order chi connectivity index (χ1) is 6.88. The third-order valence-electron chi connectivity index (χ3n) is 3.55. The summed E-state index contributed by atoms with van der Waals surface area (Å²) in [5, 5.41) is 3.64. The lowest BCUT2D eigenvalue weighted by Crippen LogP contribution is -2.32. The Balaban J connectivity index is 2.09. The van der Waals surface area contributed by atoms with Gasteiger partial charge in [0.2, 0.25) is 0 Å². The first kappa shape index (κ1) is 12.0. The van der Waals surface area contributed by atoms with Crippen LogP contribution in [0.2, 0.25) is 0 Å². The van der Waals surface area contributed by atoms with Crippen molar-refractivity contribution in [3.63, 3.8) is 0 Å². The van der Waals surface area contributed by atoms with E-state index in [4.69, 9.17) is 0 Å². The third kappa shape index (κ3) is 4.00. The predicted molar refractivity (Wildman–Crippen MR) is 63.6 cm³/mol. The van der Waals surface area contributed by atoms with Crippen LogP contribution in [0.1, 0.15) is 65.2 Å². The van der Waals surface area contributed by atoms with Gasteiger partial charge in [0, 0.05) is 6.04 Å². The number of rotatable bonds is 7. The number of nitrogens with one attached hydrogen (secondary N) is 1. The largest absolute Gasteiger partial charge is 0.314 e. The molecule has 1 nitrogen and oxygen atoms in total. The SMILES string of the molecule is CCCCCCC1CCCC1NCC. The van der Waals surface area contributed by atoms with E-state index in [1.807, 2.05) is 0 Å².